The summed E-state index contributed by atoms with van der Waals surface area (Å²) >= 11 is 0. The highest BCUT2D eigenvalue weighted by Crippen LogP contribution is 2.31. The fourth-order valence-electron chi connectivity index (χ4n) is 2.91. The summed E-state index contributed by atoms with van der Waals surface area (Å²) in [5.74, 6) is 0.902. The van der Waals surface area contributed by atoms with Crippen molar-refractivity contribution in [1.82, 2.24) is 5.32 Å². The minimum Gasteiger partial charge on any atom is -0.352 e. The first-order chi connectivity index (χ1) is 7.98. The summed E-state index contributed by atoms with van der Waals surface area (Å²) in [6, 6.07) is -0.156. The lowest BCUT2D eigenvalue weighted by atomic mass is 9.91. The molecule has 1 amide bonds. The largest absolute Gasteiger partial charge is 0.352 e. The Morgan fingerprint density at radius 3 is 2.41 bits per heavy atom. The zero-order valence-electron chi connectivity index (χ0n) is 10.3. The van der Waals surface area contributed by atoms with Gasteiger partial charge in [0.25, 0.3) is 0 Å². The monoisotopic (exact) mass is 259 g/mol. The molecule has 17 heavy (non-hydrogen) atoms. The highest BCUT2D eigenvalue weighted by Gasteiger charge is 2.32. The van der Waals surface area contributed by atoms with Crippen molar-refractivity contribution < 1.29 is 13.2 Å². The van der Waals surface area contributed by atoms with E-state index in [2.05, 4.69) is 5.32 Å². The van der Waals surface area contributed by atoms with Crippen molar-refractivity contribution in [3.8, 4) is 0 Å². The van der Waals surface area contributed by atoms with Gasteiger partial charge in [0.05, 0.1) is 11.5 Å². The Labute approximate surface area is 103 Å². The molecule has 1 aliphatic heterocycles. The van der Waals surface area contributed by atoms with E-state index in [4.69, 9.17) is 0 Å². The molecule has 1 N–H and O–H groups in total. The molecule has 1 aliphatic carbocycles. The smallest absolute Gasteiger partial charge is 0.223 e. The Balaban J connectivity index is 1.84. The summed E-state index contributed by atoms with van der Waals surface area (Å²) in [6.45, 7) is 1.97. The standard InChI is InChI=1S/C12H21NO3S/c1-9(10-4-2-3-5-10)12(14)13-11-6-7-17(15,16)8-11/h9-11H,2-8H2,1H3,(H,13,14). The highest BCUT2D eigenvalue weighted by atomic mass is 32.2. The number of sulfone groups is 1. The third-order valence-electron chi connectivity index (χ3n) is 4.10. The van der Waals surface area contributed by atoms with Gasteiger partial charge in [0.1, 0.15) is 0 Å². The van der Waals surface area contributed by atoms with Crippen molar-refractivity contribution in [2.45, 2.75) is 45.1 Å². The molecule has 2 unspecified atom stereocenters. The maximum absolute atomic E-state index is 12.0. The summed E-state index contributed by atoms with van der Waals surface area (Å²) in [4.78, 5) is 12.0. The zero-order valence-corrected chi connectivity index (χ0v) is 11.1. The number of carbonyl (C=O) groups excluding carboxylic acids is 1. The first kappa shape index (κ1) is 12.9. The summed E-state index contributed by atoms with van der Waals surface area (Å²) in [5.41, 5.74) is 0. The van der Waals surface area contributed by atoms with Crippen LogP contribution in [0.1, 0.15) is 39.0 Å². The average molecular weight is 259 g/mol. The van der Waals surface area contributed by atoms with Gasteiger partial charge in [-0.3, -0.25) is 4.79 Å². The Bertz CT molecular complexity index is 385. The van der Waals surface area contributed by atoms with E-state index in [0.29, 0.717) is 12.3 Å². The van der Waals surface area contributed by atoms with Gasteiger partial charge in [0.2, 0.25) is 5.91 Å². The van der Waals surface area contributed by atoms with Crippen LogP contribution < -0.4 is 5.32 Å². The van der Waals surface area contributed by atoms with E-state index in [0.717, 1.165) is 12.8 Å². The fraction of sp³-hybridized carbons (Fsp3) is 0.917. The molecule has 2 aliphatic rings. The van der Waals surface area contributed by atoms with Crippen LogP contribution in [-0.4, -0.2) is 31.9 Å². The van der Waals surface area contributed by atoms with Gasteiger partial charge in [-0.05, 0) is 25.2 Å². The lowest BCUT2D eigenvalue weighted by Crippen LogP contribution is -2.40. The number of hydrogen-bond donors (Lipinski definition) is 1. The summed E-state index contributed by atoms with van der Waals surface area (Å²) in [5, 5.41) is 2.89. The molecule has 0 aromatic rings. The molecule has 2 fully saturated rings. The first-order valence-electron chi connectivity index (χ1n) is 6.49. The van der Waals surface area contributed by atoms with Crippen LogP contribution >= 0.6 is 0 Å². The molecule has 98 valence electrons. The van der Waals surface area contributed by atoms with Crippen molar-refractivity contribution in [2.75, 3.05) is 11.5 Å². The van der Waals surface area contributed by atoms with Gasteiger partial charge >= 0.3 is 0 Å². The molecule has 0 spiro atoms. The molecule has 0 aromatic heterocycles. The lowest BCUT2D eigenvalue weighted by molar-refractivity contribution is -0.126. The zero-order chi connectivity index (χ0) is 12.5. The van der Waals surface area contributed by atoms with Crippen LogP contribution in [0.3, 0.4) is 0 Å². The van der Waals surface area contributed by atoms with Crippen LogP contribution in [0.15, 0.2) is 0 Å². The van der Waals surface area contributed by atoms with Gasteiger partial charge in [-0.25, -0.2) is 8.42 Å². The van der Waals surface area contributed by atoms with E-state index in [1.165, 1.54) is 12.8 Å². The molecule has 1 saturated carbocycles. The normalized spacial score (nSPS) is 30.3. The first-order valence-corrected chi connectivity index (χ1v) is 8.31. The quantitative estimate of drug-likeness (QED) is 0.826. The van der Waals surface area contributed by atoms with Gasteiger partial charge in [0, 0.05) is 12.0 Å². The van der Waals surface area contributed by atoms with E-state index in [9.17, 15) is 13.2 Å². The van der Waals surface area contributed by atoms with Crippen LogP contribution in [0.25, 0.3) is 0 Å². The third kappa shape index (κ3) is 3.21. The maximum atomic E-state index is 12.0. The number of hydrogen-bond acceptors (Lipinski definition) is 3. The van der Waals surface area contributed by atoms with Gasteiger partial charge in [-0.15, -0.1) is 0 Å². The Kier molecular flexibility index (Phi) is 3.76. The lowest BCUT2D eigenvalue weighted by Gasteiger charge is -2.20. The summed E-state index contributed by atoms with van der Waals surface area (Å²) < 4.78 is 22.6. The number of carbonyl (C=O) groups is 1. The number of nitrogens with one attached hydrogen (secondary N) is 1. The van der Waals surface area contributed by atoms with Crippen LogP contribution in [0.2, 0.25) is 0 Å². The minimum absolute atomic E-state index is 0.0285. The summed E-state index contributed by atoms with van der Waals surface area (Å²) in [7, 11) is -2.90. The van der Waals surface area contributed by atoms with Gasteiger partial charge in [0.15, 0.2) is 9.84 Å². The van der Waals surface area contributed by atoms with Crippen LogP contribution in [0.5, 0.6) is 0 Å². The third-order valence-corrected chi connectivity index (χ3v) is 5.87. The second-order valence-electron chi connectivity index (χ2n) is 5.44. The van der Waals surface area contributed by atoms with Gasteiger partial charge in [-0.2, -0.15) is 0 Å². The Morgan fingerprint density at radius 2 is 1.88 bits per heavy atom. The predicted molar refractivity (Wildman–Crippen MR) is 66.3 cm³/mol. The fourth-order valence-corrected chi connectivity index (χ4v) is 4.59. The van der Waals surface area contributed by atoms with Crippen LogP contribution in [0, 0.1) is 11.8 Å². The molecule has 0 radical (unpaired) electrons. The average Bonchev–Trinajstić information content (AvgIpc) is 2.86. The maximum Gasteiger partial charge on any atom is 0.223 e. The second kappa shape index (κ2) is 4.96. The molecule has 0 bridgehead atoms. The van der Waals surface area contributed by atoms with E-state index in [1.807, 2.05) is 6.92 Å². The molecule has 0 aromatic carbocycles. The molecular formula is C12H21NO3S. The molecule has 2 rings (SSSR count). The number of rotatable bonds is 3. The Hall–Kier alpha value is -0.580. The van der Waals surface area contributed by atoms with Crippen molar-refractivity contribution >= 4 is 15.7 Å². The van der Waals surface area contributed by atoms with E-state index >= 15 is 0 Å². The topological polar surface area (TPSA) is 63.2 Å². The van der Waals surface area contributed by atoms with E-state index in [-0.39, 0.29) is 29.4 Å². The molecular weight excluding hydrogens is 238 g/mol. The van der Waals surface area contributed by atoms with Gasteiger partial charge < -0.3 is 5.32 Å². The Morgan fingerprint density at radius 1 is 1.24 bits per heavy atom. The van der Waals surface area contributed by atoms with Crippen LogP contribution in [0.4, 0.5) is 0 Å². The highest BCUT2D eigenvalue weighted by molar-refractivity contribution is 7.91. The van der Waals surface area contributed by atoms with E-state index in [1.54, 1.807) is 0 Å². The molecule has 1 saturated heterocycles. The summed E-state index contributed by atoms with van der Waals surface area (Å²) in [6.07, 6.45) is 5.29. The van der Waals surface area contributed by atoms with Crippen molar-refractivity contribution in [1.29, 1.82) is 0 Å². The molecule has 4 nitrogen and oxygen atoms in total. The number of amides is 1. The van der Waals surface area contributed by atoms with Crippen LogP contribution in [-0.2, 0) is 14.6 Å². The molecule has 1 heterocycles. The predicted octanol–water partition coefficient (Wildman–Crippen LogP) is 1.12. The van der Waals surface area contributed by atoms with Crippen molar-refractivity contribution in [2.24, 2.45) is 11.8 Å². The second-order valence-corrected chi connectivity index (χ2v) is 7.67. The SMILES string of the molecule is CC(C(=O)NC1CCS(=O)(=O)C1)C1CCCC1. The minimum atomic E-state index is -2.90. The molecule has 2 atom stereocenters. The molecule has 5 heteroatoms. The van der Waals surface area contributed by atoms with Crippen molar-refractivity contribution in [3.63, 3.8) is 0 Å². The van der Waals surface area contributed by atoms with Crippen molar-refractivity contribution in [3.05, 3.63) is 0 Å². The van der Waals surface area contributed by atoms with Gasteiger partial charge in [-0.1, -0.05) is 19.8 Å². The van der Waals surface area contributed by atoms with E-state index < -0.39 is 9.84 Å².